The summed E-state index contributed by atoms with van der Waals surface area (Å²) >= 11 is 0. The molecule has 1 aromatic heterocycles. The van der Waals surface area contributed by atoms with E-state index in [2.05, 4.69) is 30.8 Å². The second-order valence-corrected chi connectivity index (χ2v) is 3.73. The Labute approximate surface area is 116 Å². The maximum atomic E-state index is 5.23. The van der Waals surface area contributed by atoms with Crippen LogP contribution in [0.5, 0.6) is 17.8 Å². The molecule has 2 rings (SSSR count). The minimum absolute atomic E-state index is 0.283. The third-order valence-electron chi connectivity index (χ3n) is 2.53. The molecule has 0 radical (unpaired) electrons. The van der Waals surface area contributed by atoms with Crippen molar-refractivity contribution in [3.8, 4) is 17.8 Å². The molecular weight excluding hydrogens is 264 g/mol. The number of aliphatic imine (C=N–C) groups is 1. The van der Waals surface area contributed by atoms with E-state index in [1.165, 1.54) is 27.5 Å². The molecule has 0 saturated heterocycles. The highest BCUT2D eigenvalue weighted by Gasteiger charge is 2.22. The van der Waals surface area contributed by atoms with Crippen LogP contribution in [-0.4, -0.2) is 51.6 Å². The maximum absolute atomic E-state index is 5.23. The Kier molecular flexibility index (Phi) is 4.53. The van der Waals surface area contributed by atoms with Crippen LogP contribution >= 0.6 is 0 Å². The van der Waals surface area contributed by atoms with Gasteiger partial charge in [0.05, 0.1) is 34.1 Å². The number of rotatable bonds is 5. The van der Waals surface area contributed by atoms with Crippen LogP contribution in [0.3, 0.4) is 0 Å². The number of aromatic amines is 1. The highest BCUT2D eigenvalue weighted by molar-refractivity contribution is 5.87. The van der Waals surface area contributed by atoms with E-state index in [0.29, 0.717) is 23.3 Å². The van der Waals surface area contributed by atoms with Crippen LogP contribution in [0, 0.1) is 0 Å². The van der Waals surface area contributed by atoms with Crippen LogP contribution in [-0.2, 0) is 0 Å². The summed E-state index contributed by atoms with van der Waals surface area (Å²) in [6.45, 7) is 1.55. The number of aromatic nitrogens is 2. The molecule has 3 N–H and O–H groups in total. The zero-order chi connectivity index (χ0) is 14.4. The summed E-state index contributed by atoms with van der Waals surface area (Å²) < 4.78 is 15.5. The van der Waals surface area contributed by atoms with E-state index < -0.39 is 0 Å². The zero-order valence-electron chi connectivity index (χ0n) is 11.6. The van der Waals surface area contributed by atoms with E-state index in [9.17, 15) is 0 Å². The number of H-pyrrole nitrogens is 1. The molecule has 9 heteroatoms. The van der Waals surface area contributed by atoms with Crippen LogP contribution in [0.2, 0.25) is 0 Å². The SMILES string of the molecule is COc1nc(OC)c(/C=N\NC2=NCCN2)c(OC)[nH+]1. The summed E-state index contributed by atoms with van der Waals surface area (Å²) in [5, 5.41) is 7.10. The predicted molar refractivity (Wildman–Crippen MR) is 71.5 cm³/mol. The number of hydrazone groups is 1. The molecule has 0 saturated carbocycles. The van der Waals surface area contributed by atoms with E-state index in [4.69, 9.17) is 14.2 Å². The Balaban J connectivity index is 2.22. The Bertz CT molecular complexity index is 506. The molecule has 0 aromatic carbocycles. The van der Waals surface area contributed by atoms with Crippen LogP contribution < -0.4 is 29.9 Å². The van der Waals surface area contributed by atoms with Crippen molar-refractivity contribution in [2.75, 3.05) is 34.4 Å². The average Bonchev–Trinajstić information content (AvgIpc) is 3.00. The molecule has 20 heavy (non-hydrogen) atoms. The number of methoxy groups -OCH3 is 3. The van der Waals surface area contributed by atoms with E-state index in [1.54, 1.807) is 0 Å². The summed E-state index contributed by atoms with van der Waals surface area (Å²) in [5.41, 5.74) is 3.34. The van der Waals surface area contributed by atoms with Gasteiger partial charge >= 0.3 is 17.8 Å². The van der Waals surface area contributed by atoms with Gasteiger partial charge in [0.2, 0.25) is 5.96 Å². The Hall–Kier alpha value is -2.58. The topological polar surface area (TPSA) is 104 Å². The molecule has 0 spiro atoms. The molecule has 9 nitrogen and oxygen atoms in total. The quantitative estimate of drug-likeness (QED) is 0.519. The van der Waals surface area contributed by atoms with Crippen molar-refractivity contribution in [2.24, 2.45) is 10.1 Å². The number of nitrogens with zero attached hydrogens (tertiary/aromatic N) is 3. The Morgan fingerprint density at radius 2 is 2.15 bits per heavy atom. The highest BCUT2D eigenvalue weighted by Crippen LogP contribution is 2.21. The third kappa shape index (κ3) is 3.05. The van der Waals surface area contributed by atoms with Gasteiger partial charge in [-0.3, -0.25) is 0 Å². The van der Waals surface area contributed by atoms with Crippen molar-refractivity contribution >= 4 is 12.2 Å². The van der Waals surface area contributed by atoms with Crippen LogP contribution in [0.1, 0.15) is 5.56 Å². The van der Waals surface area contributed by atoms with Crippen molar-refractivity contribution < 1.29 is 19.2 Å². The van der Waals surface area contributed by atoms with Gasteiger partial charge in [-0.2, -0.15) is 10.1 Å². The van der Waals surface area contributed by atoms with Gasteiger partial charge in [0.15, 0.2) is 5.56 Å². The van der Waals surface area contributed by atoms with E-state index in [0.717, 1.165) is 13.1 Å². The minimum atomic E-state index is 0.283. The summed E-state index contributed by atoms with van der Waals surface area (Å²) in [6.07, 6.45) is 1.53. The first kappa shape index (κ1) is 13.8. The summed E-state index contributed by atoms with van der Waals surface area (Å²) in [6, 6.07) is 0.283. The lowest BCUT2D eigenvalue weighted by Gasteiger charge is -2.04. The lowest BCUT2D eigenvalue weighted by Crippen LogP contribution is -2.30. The van der Waals surface area contributed by atoms with Crippen LogP contribution in [0.25, 0.3) is 0 Å². The largest absolute Gasteiger partial charge is 0.502 e. The molecule has 1 aromatic rings. The van der Waals surface area contributed by atoms with Gasteiger partial charge in [-0.05, 0) is 0 Å². The van der Waals surface area contributed by atoms with Gasteiger partial charge in [-0.15, -0.1) is 0 Å². The number of hydrogen-bond acceptors (Lipinski definition) is 8. The monoisotopic (exact) mass is 281 g/mol. The lowest BCUT2D eigenvalue weighted by molar-refractivity contribution is -0.411. The van der Waals surface area contributed by atoms with Crippen molar-refractivity contribution in [1.82, 2.24) is 15.7 Å². The summed E-state index contributed by atoms with van der Waals surface area (Å²) in [5.74, 6) is 1.40. The third-order valence-corrected chi connectivity index (χ3v) is 2.53. The molecule has 0 bridgehead atoms. The zero-order valence-corrected chi connectivity index (χ0v) is 11.6. The lowest BCUT2D eigenvalue weighted by atomic mass is 10.3. The highest BCUT2D eigenvalue weighted by atomic mass is 16.5. The van der Waals surface area contributed by atoms with Gasteiger partial charge in [-0.25, -0.2) is 10.4 Å². The smallest absolute Gasteiger partial charge is 0.465 e. The van der Waals surface area contributed by atoms with Gasteiger partial charge in [0.25, 0.3) is 0 Å². The Morgan fingerprint density at radius 1 is 1.30 bits per heavy atom. The molecule has 0 fully saturated rings. The fourth-order valence-electron chi connectivity index (χ4n) is 1.60. The van der Waals surface area contributed by atoms with Crippen molar-refractivity contribution in [1.29, 1.82) is 0 Å². The van der Waals surface area contributed by atoms with E-state index >= 15 is 0 Å². The molecule has 2 heterocycles. The first-order chi connectivity index (χ1) is 9.78. The van der Waals surface area contributed by atoms with E-state index in [-0.39, 0.29) is 6.01 Å². The summed E-state index contributed by atoms with van der Waals surface area (Å²) in [7, 11) is 4.53. The second kappa shape index (κ2) is 6.55. The first-order valence-corrected chi connectivity index (χ1v) is 5.95. The molecule has 0 atom stereocenters. The van der Waals surface area contributed by atoms with Gasteiger partial charge in [0.1, 0.15) is 0 Å². The maximum Gasteiger partial charge on any atom is 0.502 e. The minimum Gasteiger partial charge on any atom is -0.465 e. The molecule has 0 aliphatic carbocycles. The van der Waals surface area contributed by atoms with Crippen LogP contribution in [0.15, 0.2) is 10.1 Å². The number of ether oxygens (including phenoxy) is 3. The van der Waals surface area contributed by atoms with Crippen molar-refractivity contribution in [3.63, 3.8) is 0 Å². The molecule has 1 aliphatic rings. The molecular formula is C11H17N6O3+. The number of nitrogens with one attached hydrogen (secondary N) is 3. The Morgan fingerprint density at radius 3 is 2.75 bits per heavy atom. The molecule has 0 unspecified atom stereocenters. The predicted octanol–water partition coefficient (Wildman–Crippen LogP) is -1.20. The molecule has 1 aliphatic heterocycles. The second-order valence-electron chi connectivity index (χ2n) is 3.73. The van der Waals surface area contributed by atoms with Gasteiger partial charge < -0.3 is 19.5 Å². The van der Waals surface area contributed by atoms with Crippen LogP contribution in [0.4, 0.5) is 0 Å². The fraction of sp³-hybridized carbons (Fsp3) is 0.455. The van der Waals surface area contributed by atoms with E-state index in [1.807, 2.05) is 0 Å². The number of hydrogen-bond donors (Lipinski definition) is 2. The molecule has 0 amide bonds. The number of guanidine groups is 1. The first-order valence-electron chi connectivity index (χ1n) is 5.95. The normalized spacial score (nSPS) is 13.8. The molecule has 108 valence electrons. The van der Waals surface area contributed by atoms with Gasteiger partial charge in [-0.1, -0.05) is 0 Å². The average molecular weight is 281 g/mol. The standard InChI is InChI=1S/C11H16N6O3/c1-18-8-7(6-14-17-10-12-4-5-13-10)9(19-2)16-11(15-8)20-3/h6H,4-5H2,1-3H3,(H2,12,13,17)/p+1/b14-6-. The van der Waals surface area contributed by atoms with Crippen molar-refractivity contribution in [3.05, 3.63) is 5.56 Å². The van der Waals surface area contributed by atoms with Crippen molar-refractivity contribution in [2.45, 2.75) is 0 Å². The summed E-state index contributed by atoms with van der Waals surface area (Å²) in [4.78, 5) is 11.1. The fourth-order valence-corrected chi connectivity index (χ4v) is 1.60. The van der Waals surface area contributed by atoms with Gasteiger partial charge in [0, 0.05) is 11.5 Å².